The number of rotatable bonds is 8. The molecule has 1 aliphatic rings. The summed E-state index contributed by atoms with van der Waals surface area (Å²) in [5.41, 5.74) is 1.16. The first-order valence-electron chi connectivity index (χ1n) is 11.7. The van der Waals surface area contributed by atoms with Crippen molar-refractivity contribution in [2.75, 3.05) is 20.2 Å². The molecule has 3 aromatic rings. The minimum atomic E-state index is -3.98. The molecule has 1 fully saturated rings. The van der Waals surface area contributed by atoms with Gasteiger partial charge in [-0.3, -0.25) is 4.79 Å². The minimum absolute atomic E-state index is 0.0550. The maximum absolute atomic E-state index is 14.0. The summed E-state index contributed by atoms with van der Waals surface area (Å²) in [4.78, 5) is 12.5. The number of piperidine rings is 1. The van der Waals surface area contributed by atoms with Gasteiger partial charge in [-0.2, -0.15) is 4.31 Å². The zero-order chi connectivity index (χ0) is 26.6. The highest BCUT2D eigenvalue weighted by Crippen LogP contribution is 2.29. The summed E-state index contributed by atoms with van der Waals surface area (Å²) in [6.07, 6.45) is 3.32. The average molecular weight is 532 g/mol. The highest BCUT2D eigenvalue weighted by molar-refractivity contribution is 7.89. The monoisotopic (exact) mass is 531 g/mol. The van der Waals surface area contributed by atoms with Crippen LogP contribution in [0, 0.1) is 24.5 Å². The number of aromatic nitrogens is 1. The number of hydrogen-bond acceptors (Lipinski definition) is 6. The third-order valence-electron chi connectivity index (χ3n) is 6.26. The Bertz CT molecular complexity index is 1400. The summed E-state index contributed by atoms with van der Waals surface area (Å²) in [6, 6.07) is 10.4. The van der Waals surface area contributed by atoms with Gasteiger partial charge in [0.25, 0.3) is 0 Å². The van der Waals surface area contributed by atoms with Gasteiger partial charge in [-0.1, -0.05) is 17.3 Å². The van der Waals surface area contributed by atoms with Crippen molar-refractivity contribution in [3.63, 3.8) is 0 Å². The van der Waals surface area contributed by atoms with E-state index >= 15 is 0 Å². The normalized spacial score (nSPS) is 15.2. The number of aryl methyl sites for hydroxylation is 1. The molecule has 8 nitrogen and oxygen atoms in total. The second-order valence-corrected chi connectivity index (χ2v) is 10.6. The fraction of sp³-hybridized carbons (Fsp3) is 0.308. The molecule has 196 valence electrons. The van der Waals surface area contributed by atoms with Crippen molar-refractivity contribution in [2.24, 2.45) is 5.92 Å². The summed E-state index contributed by atoms with van der Waals surface area (Å²) < 4.78 is 65.6. The number of halogens is 2. The second-order valence-electron chi connectivity index (χ2n) is 8.70. The van der Waals surface area contributed by atoms with Crippen LogP contribution in [-0.4, -0.2) is 44.0 Å². The molecule has 0 radical (unpaired) electrons. The molecule has 1 saturated heterocycles. The van der Waals surface area contributed by atoms with E-state index < -0.39 is 21.7 Å². The molecule has 1 amide bonds. The average Bonchev–Trinajstić information content (AvgIpc) is 3.28. The molecule has 2 heterocycles. The van der Waals surface area contributed by atoms with Gasteiger partial charge in [-0.25, -0.2) is 17.2 Å². The van der Waals surface area contributed by atoms with Crippen LogP contribution < -0.4 is 10.1 Å². The lowest BCUT2D eigenvalue weighted by atomic mass is 9.97. The van der Waals surface area contributed by atoms with E-state index in [0.29, 0.717) is 19.4 Å². The third-order valence-corrected chi connectivity index (χ3v) is 8.32. The Morgan fingerprint density at radius 2 is 1.86 bits per heavy atom. The van der Waals surface area contributed by atoms with Crippen molar-refractivity contribution in [3.8, 4) is 5.75 Å². The van der Waals surface area contributed by atoms with Crippen molar-refractivity contribution < 1.29 is 31.3 Å². The van der Waals surface area contributed by atoms with Gasteiger partial charge in [0.05, 0.1) is 7.11 Å². The lowest BCUT2D eigenvalue weighted by molar-refractivity contribution is -0.126. The van der Waals surface area contributed by atoms with Gasteiger partial charge >= 0.3 is 0 Å². The molecule has 0 spiro atoms. The molecule has 0 saturated carbocycles. The largest absolute Gasteiger partial charge is 0.497 e. The molecule has 0 aliphatic carbocycles. The molecule has 1 N–H and O–H groups in total. The summed E-state index contributed by atoms with van der Waals surface area (Å²) in [5, 5.41) is 6.69. The number of sulfonamides is 1. The van der Waals surface area contributed by atoms with E-state index in [1.807, 2.05) is 24.3 Å². The summed E-state index contributed by atoms with van der Waals surface area (Å²) in [5.74, 6) is -1.27. The van der Waals surface area contributed by atoms with E-state index in [1.165, 1.54) is 29.4 Å². The predicted molar refractivity (Wildman–Crippen MR) is 133 cm³/mol. The Balaban J connectivity index is 1.39. The number of benzene rings is 2. The SMILES string of the molecule is COc1ccc(CNC(=O)C2CCN(S(=O)(=O)c3c(C)noc3/C=C/c3ccc(F)cc3F)CC2)cc1. The highest BCUT2D eigenvalue weighted by Gasteiger charge is 2.35. The first-order valence-corrected chi connectivity index (χ1v) is 13.1. The molecule has 1 aromatic heterocycles. The van der Waals surface area contributed by atoms with E-state index in [0.717, 1.165) is 23.4 Å². The molecular weight excluding hydrogens is 504 g/mol. The van der Waals surface area contributed by atoms with Gasteiger partial charge in [-0.15, -0.1) is 0 Å². The molecule has 2 aromatic carbocycles. The number of nitrogens with one attached hydrogen (secondary N) is 1. The standard InChI is InChI=1S/C26H27F2N3O5S/c1-17-25(24(36-30-17)10-6-19-5-7-21(27)15-23(19)28)37(33,34)31-13-11-20(12-14-31)26(32)29-16-18-3-8-22(35-2)9-4-18/h3-10,15,20H,11-14,16H2,1-2H3,(H,29,32)/b10-6+. The lowest BCUT2D eigenvalue weighted by Crippen LogP contribution is -2.43. The smallest absolute Gasteiger partial charge is 0.248 e. The first-order chi connectivity index (χ1) is 17.7. The second kappa shape index (κ2) is 11.2. The van der Waals surface area contributed by atoms with Crippen molar-refractivity contribution in [2.45, 2.75) is 31.2 Å². The number of methoxy groups -OCH3 is 1. The van der Waals surface area contributed by atoms with Gasteiger partial charge in [-0.05, 0) is 61.7 Å². The number of ether oxygens (including phenoxy) is 1. The zero-order valence-corrected chi connectivity index (χ0v) is 21.2. The van der Waals surface area contributed by atoms with E-state index in [9.17, 15) is 22.0 Å². The third kappa shape index (κ3) is 6.05. The number of amides is 1. The number of carbonyl (C=O) groups excluding carboxylic acids is 1. The van der Waals surface area contributed by atoms with Crippen LogP contribution in [0.2, 0.25) is 0 Å². The van der Waals surface area contributed by atoms with Crippen LogP contribution >= 0.6 is 0 Å². The first kappa shape index (κ1) is 26.5. The van der Waals surface area contributed by atoms with Crippen LogP contribution in [0.1, 0.15) is 35.4 Å². The molecular formula is C26H27F2N3O5S. The molecule has 37 heavy (non-hydrogen) atoms. The van der Waals surface area contributed by atoms with E-state index in [4.69, 9.17) is 9.26 Å². The van der Waals surface area contributed by atoms with Crippen LogP contribution in [0.3, 0.4) is 0 Å². The zero-order valence-electron chi connectivity index (χ0n) is 20.4. The lowest BCUT2D eigenvalue weighted by Gasteiger charge is -2.30. The van der Waals surface area contributed by atoms with Crippen molar-refractivity contribution >= 4 is 28.1 Å². The maximum atomic E-state index is 14.0. The van der Waals surface area contributed by atoms with Gasteiger partial charge in [0, 0.05) is 37.2 Å². The molecule has 0 bridgehead atoms. The predicted octanol–water partition coefficient (Wildman–Crippen LogP) is 4.16. The minimum Gasteiger partial charge on any atom is -0.497 e. The fourth-order valence-electron chi connectivity index (χ4n) is 4.17. The van der Waals surface area contributed by atoms with Gasteiger partial charge in [0.15, 0.2) is 10.7 Å². The Labute approximate surface area is 214 Å². The Kier molecular flexibility index (Phi) is 8.03. The summed E-state index contributed by atoms with van der Waals surface area (Å²) in [7, 11) is -2.40. The Morgan fingerprint density at radius 1 is 1.16 bits per heavy atom. The van der Waals surface area contributed by atoms with Crippen molar-refractivity contribution in [1.29, 1.82) is 0 Å². The van der Waals surface area contributed by atoms with Crippen LogP contribution in [0.15, 0.2) is 51.9 Å². The van der Waals surface area contributed by atoms with Crippen molar-refractivity contribution in [3.05, 3.63) is 76.7 Å². The van der Waals surface area contributed by atoms with Crippen LogP contribution in [-0.2, 0) is 21.4 Å². The molecule has 0 unspecified atom stereocenters. The Morgan fingerprint density at radius 3 is 2.51 bits per heavy atom. The summed E-state index contributed by atoms with van der Waals surface area (Å²) >= 11 is 0. The highest BCUT2D eigenvalue weighted by atomic mass is 32.2. The van der Waals surface area contributed by atoms with E-state index in [-0.39, 0.29) is 46.8 Å². The molecule has 0 atom stereocenters. The Hall–Kier alpha value is -3.57. The number of hydrogen-bond donors (Lipinski definition) is 1. The van der Waals surface area contributed by atoms with Crippen molar-refractivity contribution in [1.82, 2.24) is 14.8 Å². The fourth-order valence-corrected chi connectivity index (χ4v) is 5.89. The number of nitrogens with zero attached hydrogens (tertiary/aromatic N) is 2. The van der Waals surface area contributed by atoms with Gasteiger partial charge in [0.1, 0.15) is 23.1 Å². The van der Waals surface area contributed by atoms with Crippen LogP contribution in [0.5, 0.6) is 5.75 Å². The molecule has 11 heteroatoms. The van der Waals surface area contributed by atoms with Crippen LogP contribution in [0.4, 0.5) is 8.78 Å². The van der Waals surface area contributed by atoms with E-state index in [2.05, 4.69) is 10.5 Å². The molecule has 1 aliphatic heterocycles. The quantitative estimate of drug-likeness (QED) is 0.469. The number of carbonyl (C=O) groups is 1. The van der Waals surface area contributed by atoms with Crippen LogP contribution in [0.25, 0.3) is 12.2 Å². The van der Waals surface area contributed by atoms with Gasteiger partial charge in [0.2, 0.25) is 15.9 Å². The molecule has 4 rings (SSSR count). The van der Waals surface area contributed by atoms with E-state index in [1.54, 1.807) is 7.11 Å². The topological polar surface area (TPSA) is 102 Å². The van der Waals surface area contributed by atoms with Gasteiger partial charge < -0.3 is 14.6 Å². The maximum Gasteiger partial charge on any atom is 0.248 e. The summed E-state index contributed by atoms with van der Waals surface area (Å²) in [6.45, 7) is 2.18.